The summed E-state index contributed by atoms with van der Waals surface area (Å²) in [7, 11) is 0. The second kappa shape index (κ2) is 6.22. The molecule has 1 aromatic heterocycles. The number of aromatic nitrogens is 2. The molecule has 0 unspecified atom stereocenters. The van der Waals surface area contributed by atoms with Crippen LogP contribution in [0.3, 0.4) is 0 Å². The third kappa shape index (κ3) is 2.98. The van der Waals surface area contributed by atoms with Gasteiger partial charge in [-0.2, -0.15) is 5.10 Å². The van der Waals surface area contributed by atoms with Crippen molar-refractivity contribution in [3.8, 4) is 5.69 Å². The average Bonchev–Trinajstić information content (AvgIpc) is 3.01. The van der Waals surface area contributed by atoms with E-state index in [1.54, 1.807) is 10.9 Å². The number of nitrogens with one attached hydrogen (secondary N) is 1. The van der Waals surface area contributed by atoms with Crippen molar-refractivity contribution >= 4 is 11.7 Å². The van der Waals surface area contributed by atoms with E-state index in [1.165, 1.54) is 0 Å². The van der Waals surface area contributed by atoms with Gasteiger partial charge in [-0.05, 0) is 43.9 Å². The van der Waals surface area contributed by atoms with Crippen molar-refractivity contribution < 1.29 is 4.79 Å². The maximum atomic E-state index is 12.6. The maximum absolute atomic E-state index is 12.6. The van der Waals surface area contributed by atoms with Crippen LogP contribution in [-0.4, -0.2) is 33.3 Å². The van der Waals surface area contributed by atoms with Crippen LogP contribution in [0.4, 0.5) is 10.5 Å². The van der Waals surface area contributed by atoms with Crippen molar-refractivity contribution in [1.29, 1.82) is 0 Å². The van der Waals surface area contributed by atoms with Gasteiger partial charge in [-0.25, -0.2) is 9.48 Å². The van der Waals surface area contributed by atoms with E-state index < -0.39 is 0 Å². The number of carbonyl (C=O) groups is 1. The molecule has 116 valence electrons. The zero-order valence-electron chi connectivity index (χ0n) is 13.1. The Kier molecular flexibility index (Phi) is 4.13. The number of piperidine rings is 1. The molecule has 5 heteroatoms. The first-order valence-corrected chi connectivity index (χ1v) is 7.82. The number of amides is 2. The molecular weight excluding hydrogens is 276 g/mol. The van der Waals surface area contributed by atoms with Crippen LogP contribution in [0, 0.1) is 5.92 Å². The molecule has 3 rings (SSSR count). The Morgan fingerprint density at radius 3 is 2.82 bits per heavy atom. The summed E-state index contributed by atoms with van der Waals surface area (Å²) in [5.41, 5.74) is 1.65. The Hall–Kier alpha value is -2.30. The second-order valence-electron chi connectivity index (χ2n) is 6.07. The third-order valence-corrected chi connectivity index (χ3v) is 4.30. The number of para-hydroxylation sites is 2. The summed E-state index contributed by atoms with van der Waals surface area (Å²) in [5, 5.41) is 7.28. The highest BCUT2D eigenvalue weighted by atomic mass is 16.2. The van der Waals surface area contributed by atoms with Gasteiger partial charge in [-0.1, -0.05) is 19.1 Å². The number of likely N-dealkylation sites (tertiary alicyclic amines) is 1. The molecule has 0 radical (unpaired) electrons. The minimum Gasteiger partial charge on any atom is -0.322 e. The molecule has 1 aromatic carbocycles. The predicted molar refractivity (Wildman–Crippen MR) is 87.1 cm³/mol. The standard InChI is InChI=1S/C17H22N4O/c1-13-8-11-20(14(2)12-13)17(22)19-15-6-3-4-7-16(15)21-10-5-9-18-21/h3-7,9-10,13-14H,8,11-12H2,1-2H3,(H,19,22)/t13-,14+/m1/s1. The fourth-order valence-electron chi connectivity index (χ4n) is 3.09. The number of anilines is 1. The summed E-state index contributed by atoms with van der Waals surface area (Å²) in [6.45, 7) is 5.19. The lowest BCUT2D eigenvalue weighted by Gasteiger charge is -2.36. The van der Waals surface area contributed by atoms with Gasteiger partial charge in [-0.3, -0.25) is 0 Å². The molecule has 5 nitrogen and oxygen atoms in total. The molecule has 0 spiro atoms. The summed E-state index contributed by atoms with van der Waals surface area (Å²) in [6.07, 6.45) is 5.73. The van der Waals surface area contributed by atoms with Gasteiger partial charge >= 0.3 is 6.03 Å². The molecule has 1 aliphatic heterocycles. The normalized spacial score (nSPS) is 21.6. The molecule has 2 amide bonds. The molecule has 1 fully saturated rings. The first kappa shape index (κ1) is 14.6. The molecule has 0 bridgehead atoms. The first-order chi connectivity index (χ1) is 10.6. The second-order valence-corrected chi connectivity index (χ2v) is 6.07. The molecule has 2 heterocycles. The molecule has 2 atom stereocenters. The molecule has 1 N–H and O–H groups in total. The van der Waals surface area contributed by atoms with Gasteiger partial charge < -0.3 is 10.2 Å². The maximum Gasteiger partial charge on any atom is 0.322 e. The van der Waals surface area contributed by atoms with Gasteiger partial charge in [0, 0.05) is 25.0 Å². The van der Waals surface area contributed by atoms with E-state index in [9.17, 15) is 4.79 Å². The van der Waals surface area contributed by atoms with Gasteiger partial charge in [0.15, 0.2) is 0 Å². The predicted octanol–water partition coefficient (Wildman–Crippen LogP) is 3.52. The van der Waals surface area contributed by atoms with Crippen LogP contribution in [-0.2, 0) is 0 Å². The highest BCUT2D eigenvalue weighted by Crippen LogP contribution is 2.24. The molecule has 2 aromatic rings. The molecule has 22 heavy (non-hydrogen) atoms. The lowest BCUT2D eigenvalue weighted by molar-refractivity contribution is 0.150. The molecule has 1 saturated heterocycles. The van der Waals surface area contributed by atoms with Crippen LogP contribution in [0.2, 0.25) is 0 Å². The van der Waals surface area contributed by atoms with Gasteiger partial charge in [0.1, 0.15) is 0 Å². The smallest absolute Gasteiger partial charge is 0.322 e. The number of nitrogens with zero attached hydrogens (tertiary/aromatic N) is 3. The number of rotatable bonds is 2. The Balaban J connectivity index is 1.77. The van der Waals surface area contributed by atoms with Crippen molar-refractivity contribution in [1.82, 2.24) is 14.7 Å². The number of hydrogen-bond acceptors (Lipinski definition) is 2. The van der Waals surface area contributed by atoms with E-state index in [2.05, 4.69) is 24.3 Å². The Morgan fingerprint density at radius 2 is 2.09 bits per heavy atom. The van der Waals surface area contributed by atoms with Crippen LogP contribution in [0.15, 0.2) is 42.7 Å². The van der Waals surface area contributed by atoms with Crippen LogP contribution in [0.1, 0.15) is 26.7 Å². The van der Waals surface area contributed by atoms with Crippen LogP contribution < -0.4 is 5.32 Å². The number of hydrogen-bond donors (Lipinski definition) is 1. The fraction of sp³-hybridized carbons (Fsp3) is 0.412. The van der Waals surface area contributed by atoms with Crippen LogP contribution >= 0.6 is 0 Å². The highest BCUT2D eigenvalue weighted by Gasteiger charge is 2.27. The molecule has 0 aliphatic carbocycles. The van der Waals surface area contributed by atoms with Gasteiger partial charge in [-0.15, -0.1) is 0 Å². The topological polar surface area (TPSA) is 50.2 Å². The summed E-state index contributed by atoms with van der Waals surface area (Å²) in [6, 6.07) is 9.84. The number of urea groups is 1. The van der Waals surface area contributed by atoms with E-state index in [0.29, 0.717) is 5.92 Å². The fourth-order valence-corrected chi connectivity index (χ4v) is 3.09. The summed E-state index contributed by atoms with van der Waals surface area (Å²) in [5.74, 6) is 0.690. The van der Waals surface area contributed by atoms with E-state index in [1.807, 2.05) is 41.4 Å². The number of benzene rings is 1. The SMILES string of the molecule is C[C@@H]1CCN(C(=O)Nc2ccccc2-n2cccn2)[C@@H](C)C1. The average molecular weight is 298 g/mol. The zero-order chi connectivity index (χ0) is 15.5. The van der Waals surface area contributed by atoms with Gasteiger partial charge in [0.25, 0.3) is 0 Å². The van der Waals surface area contributed by atoms with Crippen LogP contribution in [0.5, 0.6) is 0 Å². The van der Waals surface area contributed by atoms with E-state index in [4.69, 9.17) is 0 Å². The lowest BCUT2D eigenvalue weighted by atomic mass is 9.94. The van der Waals surface area contributed by atoms with Crippen molar-refractivity contribution in [3.05, 3.63) is 42.7 Å². The largest absolute Gasteiger partial charge is 0.322 e. The van der Waals surface area contributed by atoms with E-state index in [-0.39, 0.29) is 12.1 Å². The van der Waals surface area contributed by atoms with Crippen molar-refractivity contribution in [3.63, 3.8) is 0 Å². The minimum absolute atomic E-state index is 0.0287. The Bertz CT molecular complexity index is 638. The van der Waals surface area contributed by atoms with E-state index >= 15 is 0 Å². The minimum atomic E-state index is -0.0287. The van der Waals surface area contributed by atoms with E-state index in [0.717, 1.165) is 30.8 Å². The molecular formula is C17H22N4O. The number of carbonyl (C=O) groups excluding carboxylic acids is 1. The quantitative estimate of drug-likeness (QED) is 0.922. The Labute approximate surface area is 130 Å². The van der Waals surface area contributed by atoms with Crippen molar-refractivity contribution in [2.45, 2.75) is 32.7 Å². The zero-order valence-corrected chi connectivity index (χ0v) is 13.1. The summed E-state index contributed by atoms with van der Waals surface area (Å²) < 4.78 is 1.76. The monoisotopic (exact) mass is 298 g/mol. The van der Waals surface area contributed by atoms with Gasteiger partial charge in [0.2, 0.25) is 0 Å². The lowest BCUT2D eigenvalue weighted by Crippen LogP contribution is -2.46. The summed E-state index contributed by atoms with van der Waals surface area (Å²) in [4.78, 5) is 14.5. The first-order valence-electron chi connectivity index (χ1n) is 7.82. The molecule has 0 saturated carbocycles. The highest BCUT2D eigenvalue weighted by molar-refractivity contribution is 5.91. The molecule has 1 aliphatic rings. The third-order valence-electron chi connectivity index (χ3n) is 4.30. The Morgan fingerprint density at radius 1 is 1.27 bits per heavy atom. The van der Waals surface area contributed by atoms with Crippen molar-refractivity contribution in [2.75, 3.05) is 11.9 Å². The summed E-state index contributed by atoms with van der Waals surface area (Å²) >= 11 is 0. The van der Waals surface area contributed by atoms with Crippen molar-refractivity contribution in [2.24, 2.45) is 5.92 Å². The van der Waals surface area contributed by atoms with Crippen LogP contribution in [0.25, 0.3) is 5.69 Å². The van der Waals surface area contributed by atoms with Gasteiger partial charge in [0.05, 0.1) is 11.4 Å².